The first-order chi connectivity index (χ1) is 11.0. The monoisotopic (exact) mass is 337 g/mol. The van der Waals surface area contributed by atoms with E-state index in [0.717, 1.165) is 17.0 Å². The smallest absolute Gasteiger partial charge is 0.252 e. The first-order valence-corrected chi connectivity index (χ1v) is 8.85. The molecule has 0 radical (unpaired) electrons. The zero-order valence-corrected chi connectivity index (χ0v) is 13.8. The molecule has 0 aliphatic carbocycles. The second-order valence-corrected chi connectivity index (χ2v) is 7.07. The number of amides is 1. The fraction of sp³-hybridized carbons (Fsp3) is 0.500. The van der Waals surface area contributed by atoms with Crippen LogP contribution < -0.4 is 5.32 Å². The standard InChI is InChI=1S/C16H20FN3O2S/c1-20-12-4-2-3-11(17)14(12)19-13(20)5-8-18-15(21)16(22)6-9-23-10-7-16/h2-4,22H,5-10H2,1H3,(H,18,21). The van der Waals surface area contributed by atoms with E-state index < -0.39 is 5.60 Å². The van der Waals surface area contributed by atoms with E-state index in [1.165, 1.54) is 6.07 Å². The fourth-order valence-electron chi connectivity index (χ4n) is 2.84. The van der Waals surface area contributed by atoms with Gasteiger partial charge < -0.3 is 15.0 Å². The minimum absolute atomic E-state index is 0.317. The molecular formula is C16H20FN3O2S. The predicted octanol–water partition coefficient (Wildman–Crippen LogP) is 1.63. The molecule has 3 rings (SSSR count). The minimum Gasteiger partial charge on any atom is -0.380 e. The zero-order chi connectivity index (χ0) is 16.4. The van der Waals surface area contributed by atoms with E-state index in [1.807, 2.05) is 17.7 Å². The quantitative estimate of drug-likeness (QED) is 0.890. The van der Waals surface area contributed by atoms with Crippen molar-refractivity contribution in [2.45, 2.75) is 24.9 Å². The van der Waals surface area contributed by atoms with Crippen molar-refractivity contribution < 1.29 is 14.3 Å². The van der Waals surface area contributed by atoms with Crippen LogP contribution >= 0.6 is 11.8 Å². The van der Waals surface area contributed by atoms with Crippen LogP contribution in [0.25, 0.3) is 11.0 Å². The molecule has 5 nitrogen and oxygen atoms in total. The Morgan fingerprint density at radius 1 is 1.48 bits per heavy atom. The summed E-state index contributed by atoms with van der Waals surface area (Å²) >= 11 is 1.75. The average Bonchev–Trinajstić information content (AvgIpc) is 2.86. The molecule has 1 amide bonds. The molecule has 1 aromatic carbocycles. The first-order valence-electron chi connectivity index (χ1n) is 7.69. The number of aliphatic hydroxyl groups is 1. The molecule has 2 aromatic rings. The zero-order valence-electron chi connectivity index (χ0n) is 13.0. The van der Waals surface area contributed by atoms with Crippen LogP contribution in [-0.2, 0) is 18.3 Å². The van der Waals surface area contributed by atoms with Gasteiger partial charge in [0.25, 0.3) is 5.91 Å². The van der Waals surface area contributed by atoms with E-state index >= 15 is 0 Å². The third-order valence-electron chi connectivity index (χ3n) is 4.33. The molecule has 124 valence electrons. The highest BCUT2D eigenvalue weighted by Crippen LogP contribution is 2.27. The molecule has 2 heterocycles. The van der Waals surface area contributed by atoms with Gasteiger partial charge in [-0.05, 0) is 36.5 Å². The summed E-state index contributed by atoms with van der Waals surface area (Å²) in [6.07, 6.45) is 1.46. The summed E-state index contributed by atoms with van der Waals surface area (Å²) in [5.41, 5.74) is -0.169. The average molecular weight is 337 g/mol. The SMILES string of the molecule is Cn1c(CCNC(=O)C2(O)CCSCC2)nc2c(F)cccc21. The summed E-state index contributed by atoms with van der Waals surface area (Å²) in [5, 5.41) is 13.1. The van der Waals surface area contributed by atoms with Gasteiger partial charge in [-0.25, -0.2) is 9.37 Å². The molecule has 0 saturated carbocycles. The Morgan fingerprint density at radius 3 is 2.91 bits per heavy atom. The Balaban J connectivity index is 1.64. The highest BCUT2D eigenvalue weighted by molar-refractivity contribution is 7.99. The number of carbonyl (C=O) groups excluding carboxylic acids is 1. The van der Waals surface area contributed by atoms with Gasteiger partial charge in [-0.2, -0.15) is 11.8 Å². The van der Waals surface area contributed by atoms with Gasteiger partial charge in [-0.3, -0.25) is 4.79 Å². The van der Waals surface area contributed by atoms with Gasteiger partial charge in [-0.1, -0.05) is 6.07 Å². The number of nitrogens with one attached hydrogen (secondary N) is 1. The van der Waals surface area contributed by atoms with Gasteiger partial charge in [-0.15, -0.1) is 0 Å². The van der Waals surface area contributed by atoms with Crippen LogP contribution in [0, 0.1) is 5.82 Å². The summed E-state index contributed by atoms with van der Waals surface area (Å²) in [7, 11) is 1.83. The van der Waals surface area contributed by atoms with Gasteiger partial charge in [0.15, 0.2) is 5.82 Å². The van der Waals surface area contributed by atoms with E-state index in [1.54, 1.807) is 17.8 Å². The summed E-state index contributed by atoms with van der Waals surface area (Å²) in [4.78, 5) is 16.5. The third-order valence-corrected chi connectivity index (χ3v) is 5.32. The van der Waals surface area contributed by atoms with Gasteiger partial charge in [0.05, 0.1) is 5.52 Å². The van der Waals surface area contributed by atoms with E-state index in [4.69, 9.17) is 0 Å². The van der Waals surface area contributed by atoms with Crippen LogP contribution in [0.1, 0.15) is 18.7 Å². The number of nitrogens with zero attached hydrogens (tertiary/aromatic N) is 2. The highest BCUT2D eigenvalue weighted by Gasteiger charge is 2.37. The summed E-state index contributed by atoms with van der Waals surface area (Å²) in [6, 6.07) is 4.86. The number of aromatic nitrogens is 2. The predicted molar refractivity (Wildman–Crippen MR) is 88.9 cm³/mol. The molecule has 1 fully saturated rings. The molecule has 1 aliphatic rings. The molecule has 0 spiro atoms. The van der Waals surface area contributed by atoms with Crippen LogP contribution in [0.2, 0.25) is 0 Å². The van der Waals surface area contributed by atoms with Gasteiger partial charge in [0, 0.05) is 20.0 Å². The van der Waals surface area contributed by atoms with Crippen molar-refractivity contribution in [3.8, 4) is 0 Å². The Kier molecular flexibility index (Phi) is 4.59. The van der Waals surface area contributed by atoms with Crippen LogP contribution in [0.15, 0.2) is 18.2 Å². The summed E-state index contributed by atoms with van der Waals surface area (Å²) in [5.74, 6) is 1.64. The molecule has 23 heavy (non-hydrogen) atoms. The number of hydrogen-bond donors (Lipinski definition) is 2. The number of halogens is 1. The number of imidazole rings is 1. The number of thioether (sulfide) groups is 1. The normalized spacial score (nSPS) is 17.3. The molecule has 1 aromatic heterocycles. The van der Waals surface area contributed by atoms with Crippen molar-refractivity contribution in [3.63, 3.8) is 0 Å². The number of carbonyl (C=O) groups is 1. The molecule has 0 bridgehead atoms. The van der Waals surface area contributed by atoms with Crippen molar-refractivity contribution in [1.29, 1.82) is 0 Å². The Labute approximate surface area is 138 Å². The number of para-hydroxylation sites is 1. The Morgan fingerprint density at radius 2 is 2.22 bits per heavy atom. The lowest BCUT2D eigenvalue weighted by Crippen LogP contribution is -2.49. The first kappa shape index (κ1) is 16.3. The van der Waals surface area contributed by atoms with Crippen LogP contribution in [0.3, 0.4) is 0 Å². The van der Waals surface area contributed by atoms with Crippen molar-refractivity contribution in [2.24, 2.45) is 7.05 Å². The largest absolute Gasteiger partial charge is 0.380 e. The Bertz CT molecular complexity index is 725. The maximum Gasteiger partial charge on any atom is 0.252 e. The van der Waals surface area contributed by atoms with Gasteiger partial charge in [0.1, 0.15) is 16.9 Å². The molecule has 1 aliphatic heterocycles. The van der Waals surface area contributed by atoms with Gasteiger partial charge in [0.2, 0.25) is 0 Å². The van der Waals surface area contributed by atoms with E-state index in [0.29, 0.717) is 37.1 Å². The third kappa shape index (κ3) is 3.21. The van der Waals surface area contributed by atoms with Crippen LogP contribution in [-0.4, -0.2) is 44.2 Å². The maximum atomic E-state index is 13.7. The van der Waals surface area contributed by atoms with Crippen molar-refractivity contribution in [3.05, 3.63) is 29.8 Å². The van der Waals surface area contributed by atoms with Crippen molar-refractivity contribution >= 4 is 28.7 Å². The lowest BCUT2D eigenvalue weighted by atomic mass is 9.96. The lowest BCUT2D eigenvalue weighted by molar-refractivity contribution is -0.140. The van der Waals surface area contributed by atoms with Crippen LogP contribution in [0.5, 0.6) is 0 Å². The van der Waals surface area contributed by atoms with E-state index in [9.17, 15) is 14.3 Å². The number of rotatable bonds is 4. The summed E-state index contributed by atoms with van der Waals surface area (Å²) < 4.78 is 15.6. The summed E-state index contributed by atoms with van der Waals surface area (Å²) in [6.45, 7) is 0.368. The van der Waals surface area contributed by atoms with E-state index in [-0.39, 0.29) is 11.7 Å². The molecular weight excluding hydrogens is 317 g/mol. The van der Waals surface area contributed by atoms with E-state index in [2.05, 4.69) is 10.3 Å². The second kappa shape index (κ2) is 6.49. The number of aryl methyl sites for hydroxylation is 1. The molecule has 0 unspecified atom stereocenters. The second-order valence-electron chi connectivity index (χ2n) is 5.84. The Hall–Kier alpha value is -1.60. The maximum absolute atomic E-state index is 13.7. The fourth-order valence-corrected chi connectivity index (χ4v) is 4.01. The van der Waals surface area contributed by atoms with Crippen molar-refractivity contribution in [1.82, 2.24) is 14.9 Å². The van der Waals surface area contributed by atoms with Gasteiger partial charge >= 0.3 is 0 Å². The molecule has 1 saturated heterocycles. The minimum atomic E-state index is -1.25. The topological polar surface area (TPSA) is 67.2 Å². The lowest BCUT2D eigenvalue weighted by Gasteiger charge is -2.30. The molecule has 7 heteroatoms. The highest BCUT2D eigenvalue weighted by atomic mass is 32.2. The van der Waals surface area contributed by atoms with Crippen LogP contribution in [0.4, 0.5) is 4.39 Å². The number of benzene rings is 1. The molecule has 0 atom stereocenters. The number of hydrogen-bond acceptors (Lipinski definition) is 4. The number of fused-ring (bicyclic) bond motifs is 1. The molecule has 2 N–H and O–H groups in total. The van der Waals surface area contributed by atoms with Crippen molar-refractivity contribution in [2.75, 3.05) is 18.1 Å².